The fourth-order valence-electron chi connectivity index (χ4n) is 2.47. The van der Waals surface area contributed by atoms with Crippen LogP contribution in [0.25, 0.3) is 0 Å². The van der Waals surface area contributed by atoms with Crippen molar-refractivity contribution in [2.24, 2.45) is 0 Å². The molecule has 0 saturated carbocycles. The van der Waals surface area contributed by atoms with Crippen LogP contribution in [0.5, 0.6) is 0 Å². The Labute approximate surface area is 142 Å². The molecule has 5 heteroatoms. The fourth-order valence-corrected chi connectivity index (χ4v) is 2.47. The molecule has 0 fully saturated rings. The second kappa shape index (κ2) is 9.90. The Morgan fingerprint density at radius 1 is 1.33 bits per heavy atom. The highest BCUT2D eigenvalue weighted by atomic mass is 16.7. The van der Waals surface area contributed by atoms with Gasteiger partial charge in [0.15, 0.2) is 0 Å². The standard InChI is InChI=1S/C19H24O5/c1-2-11-23-19(21)17-13-16(15-8-4-3-5-9-15)14-18(24-17)22-12-7-6-10-20/h2-5,8-9,13,16,18,20H,1,6-7,10-12,14H2. The molecule has 1 aliphatic heterocycles. The lowest BCUT2D eigenvalue weighted by atomic mass is 9.93. The highest BCUT2D eigenvalue weighted by Crippen LogP contribution is 2.31. The van der Waals surface area contributed by atoms with Gasteiger partial charge >= 0.3 is 5.97 Å². The average Bonchev–Trinajstić information content (AvgIpc) is 2.63. The van der Waals surface area contributed by atoms with Crippen molar-refractivity contribution in [2.45, 2.75) is 31.5 Å². The van der Waals surface area contributed by atoms with E-state index in [0.717, 1.165) is 12.0 Å². The molecule has 0 bridgehead atoms. The second-order valence-electron chi connectivity index (χ2n) is 5.52. The molecular weight excluding hydrogens is 308 g/mol. The molecule has 1 aromatic carbocycles. The van der Waals surface area contributed by atoms with Gasteiger partial charge in [-0.25, -0.2) is 4.79 Å². The summed E-state index contributed by atoms with van der Waals surface area (Å²) in [7, 11) is 0. The van der Waals surface area contributed by atoms with E-state index in [1.54, 1.807) is 6.08 Å². The first-order valence-corrected chi connectivity index (χ1v) is 8.18. The van der Waals surface area contributed by atoms with Crippen LogP contribution in [0.1, 0.15) is 30.7 Å². The van der Waals surface area contributed by atoms with Crippen LogP contribution >= 0.6 is 0 Å². The number of allylic oxidation sites excluding steroid dienone is 1. The summed E-state index contributed by atoms with van der Waals surface area (Å²) >= 11 is 0. The number of benzene rings is 1. The lowest BCUT2D eigenvalue weighted by molar-refractivity contribution is -0.160. The molecule has 130 valence electrons. The van der Waals surface area contributed by atoms with Crippen LogP contribution in [0.15, 0.2) is 54.8 Å². The van der Waals surface area contributed by atoms with Gasteiger partial charge in [-0.2, -0.15) is 0 Å². The molecule has 0 aliphatic carbocycles. The van der Waals surface area contributed by atoms with E-state index in [1.807, 2.05) is 30.3 Å². The third kappa shape index (κ3) is 5.51. The Morgan fingerprint density at radius 3 is 2.83 bits per heavy atom. The van der Waals surface area contributed by atoms with Crippen molar-refractivity contribution in [3.05, 3.63) is 60.4 Å². The van der Waals surface area contributed by atoms with Crippen LogP contribution in [-0.2, 0) is 19.0 Å². The zero-order valence-electron chi connectivity index (χ0n) is 13.7. The largest absolute Gasteiger partial charge is 0.458 e. The van der Waals surface area contributed by atoms with E-state index in [0.29, 0.717) is 19.4 Å². The number of carbonyl (C=O) groups is 1. The maximum Gasteiger partial charge on any atom is 0.373 e. The molecule has 0 aromatic heterocycles. The zero-order valence-corrected chi connectivity index (χ0v) is 13.7. The van der Waals surface area contributed by atoms with Crippen LogP contribution in [0.2, 0.25) is 0 Å². The van der Waals surface area contributed by atoms with Crippen molar-refractivity contribution < 1.29 is 24.1 Å². The molecule has 2 unspecified atom stereocenters. The van der Waals surface area contributed by atoms with Gasteiger partial charge in [0.2, 0.25) is 12.0 Å². The van der Waals surface area contributed by atoms with Crippen LogP contribution in [-0.4, -0.2) is 37.2 Å². The summed E-state index contributed by atoms with van der Waals surface area (Å²) in [5, 5.41) is 8.83. The first-order valence-electron chi connectivity index (χ1n) is 8.18. The Balaban J connectivity index is 2.07. The van der Waals surface area contributed by atoms with Gasteiger partial charge < -0.3 is 19.3 Å². The van der Waals surface area contributed by atoms with Crippen molar-refractivity contribution >= 4 is 5.97 Å². The lowest BCUT2D eigenvalue weighted by Gasteiger charge is -2.29. The number of hydrogen-bond donors (Lipinski definition) is 1. The van der Waals surface area contributed by atoms with Crippen LogP contribution in [0.3, 0.4) is 0 Å². The molecule has 2 atom stereocenters. The number of rotatable bonds is 9. The highest BCUT2D eigenvalue weighted by molar-refractivity contribution is 5.86. The minimum absolute atomic E-state index is 0.0223. The molecule has 1 aliphatic rings. The van der Waals surface area contributed by atoms with E-state index in [2.05, 4.69) is 6.58 Å². The first-order chi connectivity index (χ1) is 11.7. The SMILES string of the molecule is C=CCOC(=O)C1=CC(c2ccccc2)CC(OCCCCO)O1. The zero-order chi connectivity index (χ0) is 17.2. The summed E-state index contributed by atoms with van der Waals surface area (Å²) in [5.74, 6) is -0.322. The van der Waals surface area contributed by atoms with E-state index in [9.17, 15) is 4.79 Å². The Hall–Kier alpha value is -2.11. The maximum absolute atomic E-state index is 12.1. The summed E-state index contributed by atoms with van der Waals surface area (Å²) in [5.41, 5.74) is 1.10. The fraction of sp³-hybridized carbons (Fsp3) is 0.421. The van der Waals surface area contributed by atoms with Gasteiger partial charge in [-0.05, 0) is 24.5 Å². The Morgan fingerprint density at radius 2 is 2.12 bits per heavy atom. The molecule has 1 aromatic rings. The third-order valence-corrected chi connectivity index (χ3v) is 3.67. The topological polar surface area (TPSA) is 65.0 Å². The quantitative estimate of drug-likeness (QED) is 0.428. The first kappa shape index (κ1) is 18.2. The van der Waals surface area contributed by atoms with E-state index < -0.39 is 12.3 Å². The van der Waals surface area contributed by atoms with E-state index >= 15 is 0 Å². The number of carbonyl (C=O) groups excluding carboxylic acids is 1. The van der Waals surface area contributed by atoms with Crippen molar-refractivity contribution in [3.8, 4) is 0 Å². The molecular formula is C19H24O5. The number of esters is 1. The van der Waals surface area contributed by atoms with Crippen LogP contribution in [0, 0.1) is 0 Å². The highest BCUT2D eigenvalue weighted by Gasteiger charge is 2.29. The molecule has 24 heavy (non-hydrogen) atoms. The molecule has 5 nitrogen and oxygen atoms in total. The van der Waals surface area contributed by atoms with E-state index in [4.69, 9.17) is 19.3 Å². The molecule has 0 saturated heterocycles. The number of ether oxygens (including phenoxy) is 3. The van der Waals surface area contributed by atoms with Crippen molar-refractivity contribution in [1.29, 1.82) is 0 Å². The molecule has 0 radical (unpaired) electrons. The average molecular weight is 332 g/mol. The summed E-state index contributed by atoms with van der Waals surface area (Å²) in [6, 6.07) is 9.91. The molecule has 0 amide bonds. The summed E-state index contributed by atoms with van der Waals surface area (Å²) in [6.07, 6.45) is 4.84. The summed E-state index contributed by atoms with van der Waals surface area (Å²) in [6.45, 7) is 4.28. The minimum Gasteiger partial charge on any atom is -0.458 e. The molecule has 1 heterocycles. The van der Waals surface area contributed by atoms with E-state index in [-0.39, 0.29) is 24.9 Å². The number of hydrogen-bond acceptors (Lipinski definition) is 5. The lowest BCUT2D eigenvalue weighted by Crippen LogP contribution is -2.28. The normalized spacial score (nSPS) is 20.0. The Kier molecular flexibility index (Phi) is 7.52. The van der Waals surface area contributed by atoms with Gasteiger partial charge in [-0.1, -0.05) is 43.0 Å². The second-order valence-corrected chi connectivity index (χ2v) is 5.52. The third-order valence-electron chi connectivity index (χ3n) is 3.67. The van der Waals surface area contributed by atoms with Crippen LogP contribution < -0.4 is 0 Å². The molecule has 0 spiro atoms. The van der Waals surface area contributed by atoms with Crippen LogP contribution in [0.4, 0.5) is 0 Å². The van der Waals surface area contributed by atoms with Gasteiger partial charge in [0.25, 0.3) is 0 Å². The van der Waals surface area contributed by atoms with Gasteiger partial charge in [0.05, 0.1) is 6.61 Å². The minimum atomic E-state index is -0.514. The molecule has 1 N–H and O–H groups in total. The number of aliphatic hydroxyl groups is 1. The Bertz CT molecular complexity index is 552. The van der Waals surface area contributed by atoms with Gasteiger partial charge in [0.1, 0.15) is 6.61 Å². The smallest absolute Gasteiger partial charge is 0.373 e. The van der Waals surface area contributed by atoms with Gasteiger partial charge in [-0.15, -0.1) is 0 Å². The summed E-state index contributed by atoms with van der Waals surface area (Å²) in [4.78, 5) is 12.1. The number of unbranched alkanes of at least 4 members (excludes halogenated alkanes) is 1. The van der Waals surface area contributed by atoms with Crippen molar-refractivity contribution in [2.75, 3.05) is 19.8 Å². The van der Waals surface area contributed by atoms with Crippen molar-refractivity contribution in [1.82, 2.24) is 0 Å². The maximum atomic E-state index is 12.1. The monoisotopic (exact) mass is 332 g/mol. The van der Waals surface area contributed by atoms with Crippen molar-refractivity contribution in [3.63, 3.8) is 0 Å². The predicted octanol–water partition coefficient (Wildman–Crippen LogP) is 2.92. The van der Waals surface area contributed by atoms with Gasteiger partial charge in [0, 0.05) is 18.9 Å². The van der Waals surface area contributed by atoms with E-state index in [1.165, 1.54) is 6.08 Å². The summed E-state index contributed by atoms with van der Waals surface area (Å²) < 4.78 is 16.4. The predicted molar refractivity (Wildman–Crippen MR) is 90.2 cm³/mol. The number of aliphatic hydroxyl groups excluding tert-OH is 1. The van der Waals surface area contributed by atoms with Gasteiger partial charge in [-0.3, -0.25) is 0 Å². The molecule has 2 rings (SSSR count).